The van der Waals surface area contributed by atoms with Crippen LogP contribution in [0.4, 0.5) is 5.69 Å². The van der Waals surface area contributed by atoms with Gasteiger partial charge in [0.1, 0.15) is 5.76 Å². The van der Waals surface area contributed by atoms with Crippen molar-refractivity contribution in [2.24, 2.45) is 0 Å². The van der Waals surface area contributed by atoms with Gasteiger partial charge in [-0.15, -0.1) is 0 Å². The zero-order valence-corrected chi connectivity index (χ0v) is 15.5. The van der Waals surface area contributed by atoms with Crippen LogP contribution in [-0.4, -0.2) is 47.8 Å². The van der Waals surface area contributed by atoms with Crippen LogP contribution in [0.3, 0.4) is 0 Å². The summed E-state index contributed by atoms with van der Waals surface area (Å²) in [4.78, 5) is 47.0. The Kier molecular flexibility index (Phi) is 7.10. The van der Waals surface area contributed by atoms with Crippen LogP contribution < -0.4 is 5.32 Å². The SMILES string of the molecule is CN(CC(=O)NCc1ccco1)C(=O)COC(=O)c1cc([N+](=O)[O-])ccc1Cl. The molecule has 0 aliphatic heterocycles. The Morgan fingerprint density at radius 3 is 2.71 bits per heavy atom. The standard InChI is InChI=1S/C17H16ClN3O7/c1-20(9-15(22)19-8-12-3-2-6-27-12)16(23)10-28-17(24)13-7-11(21(25)26)4-5-14(13)18/h2-7H,8-10H2,1H3,(H,19,22). The van der Waals surface area contributed by atoms with Crippen LogP contribution in [0.25, 0.3) is 0 Å². The normalized spacial score (nSPS) is 10.2. The van der Waals surface area contributed by atoms with E-state index < -0.39 is 29.3 Å². The molecule has 0 spiro atoms. The maximum Gasteiger partial charge on any atom is 0.340 e. The van der Waals surface area contributed by atoms with E-state index in [9.17, 15) is 24.5 Å². The molecule has 28 heavy (non-hydrogen) atoms. The van der Waals surface area contributed by atoms with Gasteiger partial charge in [0, 0.05) is 19.2 Å². The molecule has 11 heteroatoms. The highest BCUT2D eigenvalue weighted by Crippen LogP contribution is 2.22. The molecule has 0 aliphatic rings. The number of nitrogens with zero attached hydrogens (tertiary/aromatic N) is 2. The van der Waals surface area contributed by atoms with Crippen molar-refractivity contribution in [2.45, 2.75) is 6.54 Å². The Balaban J connectivity index is 1.83. The Bertz CT molecular complexity index is 883. The van der Waals surface area contributed by atoms with Crippen LogP contribution in [0, 0.1) is 10.1 Å². The summed E-state index contributed by atoms with van der Waals surface area (Å²) in [6.07, 6.45) is 1.47. The van der Waals surface area contributed by atoms with E-state index in [2.05, 4.69) is 5.32 Å². The number of furan rings is 1. The smallest absolute Gasteiger partial charge is 0.340 e. The minimum Gasteiger partial charge on any atom is -0.467 e. The lowest BCUT2D eigenvalue weighted by Gasteiger charge is -2.16. The molecular formula is C17H16ClN3O7. The van der Waals surface area contributed by atoms with Crippen LogP contribution in [0.2, 0.25) is 5.02 Å². The number of nitro benzene ring substituents is 1. The van der Waals surface area contributed by atoms with Crippen LogP contribution in [0.1, 0.15) is 16.1 Å². The lowest BCUT2D eigenvalue weighted by Crippen LogP contribution is -2.39. The van der Waals surface area contributed by atoms with Crippen molar-refractivity contribution >= 4 is 35.1 Å². The molecular weight excluding hydrogens is 394 g/mol. The number of carbonyl (C=O) groups excluding carboxylic acids is 3. The lowest BCUT2D eigenvalue weighted by atomic mass is 10.2. The quantitative estimate of drug-likeness (QED) is 0.399. The Labute approximate surface area is 164 Å². The van der Waals surface area contributed by atoms with E-state index in [1.807, 2.05) is 0 Å². The van der Waals surface area contributed by atoms with Crippen LogP contribution in [0.5, 0.6) is 0 Å². The number of hydrogen-bond acceptors (Lipinski definition) is 7. The monoisotopic (exact) mass is 409 g/mol. The topological polar surface area (TPSA) is 132 Å². The van der Waals surface area contributed by atoms with Crippen LogP contribution in [0.15, 0.2) is 41.0 Å². The second-order valence-corrected chi connectivity index (χ2v) is 6.01. The molecule has 10 nitrogen and oxygen atoms in total. The number of non-ortho nitro benzene ring substituents is 1. The number of benzene rings is 1. The van der Waals surface area contributed by atoms with Crippen molar-refractivity contribution in [1.29, 1.82) is 0 Å². The highest BCUT2D eigenvalue weighted by atomic mass is 35.5. The molecule has 0 fully saturated rings. The van der Waals surface area contributed by atoms with Gasteiger partial charge < -0.3 is 19.4 Å². The first-order chi connectivity index (χ1) is 13.3. The minimum absolute atomic E-state index is 0.0475. The number of likely N-dealkylation sites (N-methyl/N-ethyl adjacent to an activating group) is 1. The van der Waals surface area contributed by atoms with Gasteiger partial charge in [0.2, 0.25) is 5.91 Å². The van der Waals surface area contributed by atoms with E-state index in [4.69, 9.17) is 20.8 Å². The van der Waals surface area contributed by atoms with Crippen molar-refractivity contribution in [1.82, 2.24) is 10.2 Å². The van der Waals surface area contributed by atoms with Gasteiger partial charge in [-0.1, -0.05) is 11.6 Å². The average molecular weight is 410 g/mol. The summed E-state index contributed by atoms with van der Waals surface area (Å²) >= 11 is 5.84. The minimum atomic E-state index is -0.988. The largest absolute Gasteiger partial charge is 0.467 e. The van der Waals surface area contributed by atoms with Gasteiger partial charge in [0.05, 0.1) is 34.9 Å². The molecule has 0 radical (unpaired) electrons. The molecule has 1 N–H and O–H groups in total. The molecule has 0 aliphatic carbocycles. The number of rotatable bonds is 8. The summed E-state index contributed by atoms with van der Waals surface area (Å²) in [5, 5.41) is 13.3. The Morgan fingerprint density at radius 2 is 2.07 bits per heavy atom. The Morgan fingerprint density at radius 1 is 1.32 bits per heavy atom. The summed E-state index contributed by atoms with van der Waals surface area (Å²) < 4.78 is 9.91. The van der Waals surface area contributed by atoms with Crippen molar-refractivity contribution in [3.63, 3.8) is 0 Å². The fourth-order valence-corrected chi connectivity index (χ4v) is 2.25. The molecule has 0 saturated carbocycles. The van der Waals surface area contributed by atoms with Gasteiger partial charge >= 0.3 is 5.97 Å². The number of nitro groups is 1. The molecule has 1 aromatic carbocycles. The van der Waals surface area contributed by atoms with Gasteiger partial charge in [-0.3, -0.25) is 19.7 Å². The van der Waals surface area contributed by atoms with E-state index in [0.717, 1.165) is 17.0 Å². The molecule has 2 rings (SSSR count). The molecule has 2 amide bonds. The number of amides is 2. The lowest BCUT2D eigenvalue weighted by molar-refractivity contribution is -0.384. The zero-order chi connectivity index (χ0) is 20.7. The number of nitrogens with one attached hydrogen (secondary N) is 1. The third kappa shape index (κ3) is 5.81. The molecule has 0 bridgehead atoms. The molecule has 0 atom stereocenters. The second-order valence-electron chi connectivity index (χ2n) is 5.60. The van der Waals surface area contributed by atoms with Gasteiger partial charge in [-0.25, -0.2) is 4.79 Å². The third-order valence-corrected chi connectivity index (χ3v) is 3.88. The third-order valence-electron chi connectivity index (χ3n) is 3.55. The summed E-state index contributed by atoms with van der Waals surface area (Å²) in [5.74, 6) is -1.49. The maximum absolute atomic E-state index is 12.0. The average Bonchev–Trinajstić information content (AvgIpc) is 3.17. The van der Waals surface area contributed by atoms with Crippen molar-refractivity contribution in [3.8, 4) is 0 Å². The van der Waals surface area contributed by atoms with Crippen molar-refractivity contribution in [2.75, 3.05) is 20.2 Å². The fourth-order valence-electron chi connectivity index (χ4n) is 2.06. The first-order valence-electron chi connectivity index (χ1n) is 7.92. The van der Waals surface area contributed by atoms with Gasteiger partial charge in [-0.05, 0) is 18.2 Å². The first-order valence-corrected chi connectivity index (χ1v) is 8.30. The number of esters is 1. The summed E-state index contributed by atoms with van der Waals surface area (Å²) in [6.45, 7) is -0.734. The van der Waals surface area contributed by atoms with E-state index in [-0.39, 0.29) is 29.4 Å². The first kappa shape index (κ1) is 20.9. The van der Waals surface area contributed by atoms with Gasteiger partial charge in [0.25, 0.3) is 11.6 Å². The number of halogens is 1. The molecule has 0 unspecified atom stereocenters. The summed E-state index contributed by atoms with van der Waals surface area (Å²) in [7, 11) is 1.36. The Hall–Kier alpha value is -3.40. The number of ether oxygens (including phenoxy) is 1. The van der Waals surface area contributed by atoms with E-state index in [1.165, 1.54) is 19.4 Å². The van der Waals surface area contributed by atoms with Crippen molar-refractivity contribution in [3.05, 3.63) is 63.1 Å². The van der Waals surface area contributed by atoms with E-state index in [1.54, 1.807) is 12.1 Å². The fraction of sp³-hybridized carbons (Fsp3) is 0.235. The molecule has 2 aromatic rings. The van der Waals surface area contributed by atoms with E-state index in [0.29, 0.717) is 5.76 Å². The highest BCUT2D eigenvalue weighted by molar-refractivity contribution is 6.33. The summed E-state index contributed by atoms with van der Waals surface area (Å²) in [5.41, 5.74) is -0.574. The second kappa shape index (κ2) is 9.51. The molecule has 148 valence electrons. The van der Waals surface area contributed by atoms with Crippen LogP contribution in [-0.2, 0) is 20.9 Å². The molecule has 1 heterocycles. The van der Waals surface area contributed by atoms with Gasteiger partial charge in [0.15, 0.2) is 6.61 Å². The number of hydrogen-bond donors (Lipinski definition) is 1. The predicted octanol–water partition coefficient (Wildman–Crippen LogP) is 1.77. The number of carbonyl (C=O) groups is 3. The van der Waals surface area contributed by atoms with Crippen molar-refractivity contribution < 1.29 is 28.5 Å². The van der Waals surface area contributed by atoms with Crippen LogP contribution >= 0.6 is 11.6 Å². The highest BCUT2D eigenvalue weighted by Gasteiger charge is 2.20. The molecule has 1 aromatic heterocycles. The maximum atomic E-state index is 12.0. The predicted molar refractivity (Wildman–Crippen MR) is 96.6 cm³/mol. The van der Waals surface area contributed by atoms with E-state index >= 15 is 0 Å². The summed E-state index contributed by atoms with van der Waals surface area (Å²) in [6, 6.07) is 6.65. The van der Waals surface area contributed by atoms with Gasteiger partial charge in [-0.2, -0.15) is 0 Å². The molecule has 0 saturated heterocycles. The zero-order valence-electron chi connectivity index (χ0n) is 14.7.